The van der Waals surface area contributed by atoms with Gasteiger partial charge in [0.05, 0.1) is 10.0 Å². The van der Waals surface area contributed by atoms with Gasteiger partial charge in [-0.25, -0.2) is 13.1 Å². The third-order valence-corrected chi connectivity index (χ3v) is 5.51. The molecule has 1 unspecified atom stereocenters. The minimum atomic E-state index is -3.78. The van der Waals surface area contributed by atoms with Gasteiger partial charge in [-0.15, -0.1) is 0 Å². The zero-order valence-electron chi connectivity index (χ0n) is 11.8. The first-order chi connectivity index (χ1) is 9.11. The Labute approximate surface area is 130 Å². The van der Waals surface area contributed by atoms with Crippen molar-refractivity contribution >= 4 is 33.2 Å². The van der Waals surface area contributed by atoms with E-state index in [1.165, 1.54) is 6.07 Å². The summed E-state index contributed by atoms with van der Waals surface area (Å²) in [4.78, 5) is -0.0323. The maximum absolute atomic E-state index is 12.5. The smallest absolute Gasteiger partial charge is 0.242 e. The second-order valence-electron chi connectivity index (χ2n) is 5.52. The summed E-state index contributed by atoms with van der Waals surface area (Å²) in [6.45, 7) is 5.99. The van der Waals surface area contributed by atoms with Gasteiger partial charge in [-0.3, -0.25) is 0 Å². The number of halogens is 2. The van der Waals surface area contributed by atoms with E-state index in [1.807, 2.05) is 13.8 Å². The van der Waals surface area contributed by atoms with Crippen molar-refractivity contribution in [2.24, 2.45) is 11.7 Å². The average Bonchev–Trinajstić information content (AvgIpc) is 2.30. The van der Waals surface area contributed by atoms with Crippen LogP contribution >= 0.6 is 23.2 Å². The van der Waals surface area contributed by atoms with Gasteiger partial charge < -0.3 is 5.73 Å². The molecule has 0 bridgehead atoms. The standard InChI is InChI=1S/C13H20Cl2N2O2S/c1-9(2)7-13(3,8-16)17-20(18,19)11-6-4-5-10(14)12(11)15/h4-6,9,17H,7-8,16H2,1-3H3. The summed E-state index contributed by atoms with van der Waals surface area (Å²) < 4.78 is 27.5. The molecule has 20 heavy (non-hydrogen) atoms. The monoisotopic (exact) mass is 338 g/mol. The normalized spacial score (nSPS) is 15.3. The summed E-state index contributed by atoms with van der Waals surface area (Å²) in [5, 5.41) is 0.221. The molecule has 0 fully saturated rings. The van der Waals surface area contributed by atoms with Crippen molar-refractivity contribution in [1.82, 2.24) is 4.72 Å². The van der Waals surface area contributed by atoms with E-state index in [9.17, 15) is 8.42 Å². The van der Waals surface area contributed by atoms with E-state index in [-0.39, 0.29) is 21.5 Å². The van der Waals surface area contributed by atoms with Crippen LogP contribution in [0.15, 0.2) is 23.1 Å². The van der Waals surface area contributed by atoms with Gasteiger partial charge in [0, 0.05) is 12.1 Å². The van der Waals surface area contributed by atoms with Crippen molar-refractivity contribution in [2.75, 3.05) is 6.54 Å². The lowest BCUT2D eigenvalue weighted by atomic mass is 9.92. The van der Waals surface area contributed by atoms with Crippen molar-refractivity contribution in [1.29, 1.82) is 0 Å². The van der Waals surface area contributed by atoms with Gasteiger partial charge in [-0.2, -0.15) is 0 Å². The Morgan fingerprint density at radius 1 is 1.35 bits per heavy atom. The summed E-state index contributed by atoms with van der Waals surface area (Å²) in [6.07, 6.45) is 0.626. The molecule has 0 saturated carbocycles. The lowest BCUT2D eigenvalue weighted by Gasteiger charge is -2.31. The minimum Gasteiger partial charge on any atom is -0.329 e. The van der Waals surface area contributed by atoms with Crippen molar-refractivity contribution in [3.8, 4) is 0 Å². The summed E-state index contributed by atoms with van der Waals surface area (Å²) in [5.41, 5.74) is 5.00. The van der Waals surface area contributed by atoms with Crippen LogP contribution in [0.3, 0.4) is 0 Å². The molecule has 0 aliphatic rings. The van der Waals surface area contributed by atoms with Crippen LogP contribution in [0.5, 0.6) is 0 Å². The zero-order valence-corrected chi connectivity index (χ0v) is 14.1. The predicted octanol–water partition coefficient (Wildman–Crippen LogP) is 3.04. The predicted molar refractivity (Wildman–Crippen MR) is 83.7 cm³/mol. The number of nitrogens with two attached hydrogens (primary N) is 1. The van der Waals surface area contributed by atoms with E-state index in [0.29, 0.717) is 12.3 Å². The summed E-state index contributed by atoms with van der Waals surface area (Å²) in [5.74, 6) is 0.307. The molecule has 1 aromatic rings. The molecule has 0 amide bonds. The number of benzene rings is 1. The fraction of sp³-hybridized carbons (Fsp3) is 0.538. The van der Waals surface area contributed by atoms with Crippen LogP contribution in [0.1, 0.15) is 27.2 Å². The highest BCUT2D eigenvalue weighted by Gasteiger charge is 2.31. The molecule has 114 valence electrons. The maximum atomic E-state index is 12.5. The number of sulfonamides is 1. The van der Waals surface area contributed by atoms with Crippen LogP contribution in [0, 0.1) is 5.92 Å². The van der Waals surface area contributed by atoms with Crippen molar-refractivity contribution in [3.05, 3.63) is 28.2 Å². The van der Waals surface area contributed by atoms with Crippen LogP contribution < -0.4 is 10.5 Å². The van der Waals surface area contributed by atoms with Gasteiger partial charge in [0.15, 0.2) is 0 Å². The third-order valence-electron chi connectivity index (χ3n) is 2.90. The number of hydrogen-bond donors (Lipinski definition) is 2. The first-order valence-electron chi connectivity index (χ1n) is 6.29. The Morgan fingerprint density at radius 3 is 2.45 bits per heavy atom. The molecule has 1 aromatic carbocycles. The molecule has 3 N–H and O–H groups in total. The molecule has 0 aliphatic heterocycles. The van der Waals surface area contributed by atoms with Crippen molar-refractivity contribution in [3.63, 3.8) is 0 Å². The lowest BCUT2D eigenvalue weighted by molar-refractivity contribution is 0.344. The Morgan fingerprint density at radius 2 is 1.95 bits per heavy atom. The highest BCUT2D eigenvalue weighted by molar-refractivity contribution is 7.89. The SMILES string of the molecule is CC(C)CC(C)(CN)NS(=O)(=O)c1cccc(Cl)c1Cl. The van der Waals surface area contributed by atoms with E-state index in [4.69, 9.17) is 28.9 Å². The van der Waals surface area contributed by atoms with E-state index in [2.05, 4.69) is 4.72 Å². The van der Waals surface area contributed by atoms with E-state index in [0.717, 1.165) is 0 Å². The third kappa shape index (κ3) is 4.33. The van der Waals surface area contributed by atoms with Crippen LogP contribution in [0.2, 0.25) is 10.0 Å². The fourth-order valence-corrected chi connectivity index (χ4v) is 4.33. The van der Waals surface area contributed by atoms with Crippen LogP contribution in [-0.2, 0) is 10.0 Å². The molecule has 0 aliphatic carbocycles. The molecule has 0 aromatic heterocycles. The topological polar surface area (TPSA) is 72.2 Å². The molecule has 0 radical (unpaired) electrons. The molecular formula is C13H20Cl2N2O2S. The minimum absolute atomic E-state index is 0.0191. The van der Waals surface area contributed by atoms with Gasteiger partial charge in [0.25, 0.3) is 0 Å². The molecular weight excluding hydrogens is 319 g/mol. The van der Waals surface area contributed by atoms with E-state index >= 15 is 0 Å². The molecule has 0 saturated heterocycles. The van der Waals surface area contributed by atoms with E-state index < -0.39 is 15.6 Å². The van der Waals surface area contributed by atoms with Gasteiger partial charge in [0.2, 0.25) is 10.0 Å². The Bertz CT molecular complexity index is 576. The quantitative estimate of drug-likeness (QED) is 0.837. The zero-order chi connectivity index (χ0) is 15.6. The largest absolute Gasteiger partial charge is 0.329 e. The number of nitrogens with one attached hydrogen (secondary N) is 1. The van der Waals surface area contributed by atoms with Gasteiger partial charge in [-0.05, 0) is 31.4 Å². The first-order valence-corrected chi connectivity index (χ1v) is 8.53. The lowest BCUT2D eigenvalue weighted by Crippen LogP contribution is -2.52. The summed E-state index contributed by atoms with van der Waals surface area (Å²) >= 11 is 11.8. The molecule has 0 spiro atoms. The number of rotatable bonds is 6. The van der Waals surface area contributed by atoms with Crippen LogP contribution in [0.25, 0.3) is 0 Å². The summed E-state index contributed by atoms with van der Waals surface area (Å²) in [7, 11) is -3.78. The average molecular weight is 339 g/mol. The second-order valence-corrected chi connectivity index (χ2v) is 7.96. The van der Waals surface area contributed by atoms with Crippen molar-refractivity contribution in [2.45, 2.75) is 37.6 Å². The Hall–Kier alpha value is -0.330. The van der Waals surface area contributed by atoms with Gasteiger partial charge in [0.1, 0.15) is 4.90 Å². The van der Waals surface area contributed by atoms with Crippen LogP contribution in [-0.4, -0.2) is 20.5 Å². The molecule has 7 heteroatoms. The first kappa shape index (κ1) is 17.7. The number of hydrogen-bond acceptors (Lipinski definition) is 3. The van der Waals surface area contributed by atoms with Gasteiger partial charge >= 0.3 is 0 Å². The Kier molecular flexibility index (Phi) is 5.87. The van der Waals surface area contributed by atoms with Gasteiger partial charge in [-0.1, -0.05) is 43.1 Å². The maximum Gasteiger partial charge on any atom is 0.242 e. The fourth-order valence-electron chi connectivity index (χ4n) is 2.14. The summed E-state index contributed by atoms with van der Waals surface area (Å²) in [6, 6.07) is 4.51. The molecule has 1 atom stereocenters. The van der Waals surface area contributed by atoms with E-state index in [1.54, 1.807) is 19.1 Å². The van der Waals surface area contributed by atoms with Crippen molar-refractivity contribution < 1.29 is 8.42 Å². The van der Waals surface area contributed by atoms with Crippen LogP contribution in [0.4, 0.5) is 0 Å². The highest BCUT2D eigenvalue weighted by Crippen LogP contribution is 2.30. The molecule has 4 nitrogen and oxygen atoms in total. The second kappa shape index (κ2) is 6.62. The Balaban J connectivity index is 3.14. The molecule has 1 rings (SSSR count). The molecule has 0 heterocycles. The highest BCUT2D eigenvalue weighted by atomic mass is 35.5.